The first kappa shape index (κ1) is 37.9. The minimum absolute atomic E-state index is 0.0781. The van der Waals surface area contributed by atoms with E-state index in [1.54, 1.807) is 0 Å². The molecule has 4 bridgehead atoms. The van der Waals surface area contributed by atoms with Crippen LogP contribution in [0.5, 0.6) is 11.5 Å². The van der Waals surface area contributed by atoms with E-state index in [9.17, 15) is 0 Å². The number of nitrogens with zero attached hydrogens (tertiary/aromatic N) is 3. The van der Waals surface area contributed by atoms with Crippen LogP contribution in [0.15, 0.2) is 190 Å². The molecule has 8 aromatic carbocycles. The summed E-state index contributed by atoms with van der Waals surface area (Å²) >= 11 is 1.85. The van der Waals surface area contributed by atoms with Crippen LogP contribution in [0.4, 0.5) is 0 Å². The van der Waals surface area contributed by atoms with Crippen molar-refractivity contribution in [2.24, 2.45) is 23.7 Å². The standard InChI is InChI=1S/C61H43N3O2S/c1-2-11-37(12-3-1)38-13-8-15-40(32-38)58-62-59(41-16-9-14-39(33-41)45-18-10-19-48-46-17-4-5-20-51(46)65-56(45)48)64-60(63-58)42-23-25-50-49(34-42)47-24-26-54-57(66-52-21-6-7-22-53(52)67-54)55(47)61(50)43-28-35-27-36(30-43)31-44(61)29-35/h1-26,32-36,43-44H,27-31H2. The number of furan rings is 1. The van der Waals surface area contributed by atoms with Gasteiger partial charge >= 0.3 is 0 Å². The summed E-state index contributed by atoms with van der Waals surface area (Å²) in [4.78, 5) is 18.5. The van der Waals surface area contributed by atoms with Gasteiger partial charge in [0.15, 0.2) is 17.5 Å². The van der Waals surface area contributed by atoms with Crippen molar-refractivity contribution in [2.45, 2.75) is 47.3 Å². The van der Waals surface area contributed by atoms with Crippen molar-refractivity contribution in [2.75, 3.05) is 0 Å². The summed E-state index contributed by atoms with van der Waals surface area (Å²) in [5, 5.41) is 2.22. The second kappa shape index (κ2) is 14.4. The predicted molar refractivity (Wildman–Crippen MR) is 268 cm³/mol. The topological polar surface area (TPSA) is 61.0 Å². The van der Waals surface area contributed by atoms with Gasteiger partial charge in [0.1, 0.15) is 22.7 Å². The zero-order chi connectivity index (χ0) is 43.8. The fourth-order valence-corrected chi connectivity index (χ4v) is 14.4. The van der Waals surface area contributed by atoms with Gasteiger partial charge < -0.3 is 9.15 Å². The Balaban J connectivity index is 0.912. The molecule has 0 unspecified atom stereocenters. The Morgan fingerprint density at radius 3 is 1.87 bits per heavy atom. The van der Waals surface area contributed by atoms with E-state index < -0.39 is 0 Å². The minimum atomic E-state index is -0.0781. The molecule has 0 radical (unpaired) electrons. The SMILES string of the molecule is c1ccc(-c2cccc(-c3nc(-c4cccc(-c5cccc6c5oc5ccccc56)c4)nc(-c4ccc5c(c4)-c4ccc6c(c4C54C5CC7CC(C5)CC4C7)Oc4ccccc4S6)n3)c2)cc1. The molecule has 320 valence electrons. The average Bonchev–Trinajstić information content (AvgIpc) is 3.91. The molecule has 6 heteroatoms. The molecule has 0 N–H and O–H groups in total. The summed E-state index contributed by atoms with van der Waals surface area (Å²) in [6.07, 6.45) is 6.60. The molecule has 4 fully saturated rings. The smallest absolute Gasteiger partial charge is 0.164 e. The van der Waals surface area contributed by atoms with Crippen LogP contribution in [0.2, 0.25) is 0 Å². The van der Waals surface area contributed by atoms with Crippen molar-refractivity contribution in [3.05, 3.63) is 187 Å². The first-order valence-electron chi connectivity index (χ1n) is 23.8. The van der Waals surface area contributed by atoms with Crippen molar-refractivity contribution in [1.82, 2.24) is 15.0 Å². The Bertz CT molecular complexity index is 3660. The van der Waals surface area contributed by atoms with E-state index in [0.29, 0.717) is 29.3 Å². The molecule has 3 heterocycles. The second-order valence-corrected chi connectivity index (χ2v) is 20.6. The van der Waals surface area contributed by atoms with Gasteiger partial charge in [0, 0.05) is 44.0 Å². The first-order chi connectivity index (χ1) is 33.1. The third-order valence-electron chi connectivity index (χ3n) is 16.0. The predicted octanol–water partition coefficient (Wildman–Crippen LogP) is 16.1. The van der Waals surface area contributed by atoms with Gasteiger partial charge in [-0.3, -0.25) is 0 Å². The average molecular weight is 882 g/mol. The molecular formula is C61H43N3O2S. The van der Waals surface area contributed by atoms with Gasteiger partial charge in [-0.1, -0.05) is 145 Å². The number of fused-ring (bicyclic) bond motifs is 9. The fourth-order valence-electron chi connectivity index (χ4n) is 13.4. The molecule has 2 aromatic heterocycles. The Kier molecular flexibility index (Phi) is 8.12. The molecule has 6 aliphatic rings. The highest BCUT2D eigenvalue weighted by atomic mass is 32.2. The molecule has 0 atom stereocenters. The summed E-state index contributed by atoms with van der Waals surface area (Å²) in [6.45, 7) is 0. The van der Waals surface area contributed by atoms with Crippen LogP contribution in [0.25, 0.3) is 89.5 Å². The third kappa shape index (κ3) is 5.66. The molecular weight excluding hydrogens is 839 g/mol. The van der Waals surface area contributed by atoms with Crippen molar-refractivity contribution in [3.8, 4) is 79.0 Å². The summed E-state index contributed by atoms with van der Waals surface area (Å²) in [6, 6.07) is 62.7. The van der Waals surface area contributed by atoms with Crippen molar-refractivity contribution >= 4 is 33.7 Å². The second-order valence-electron chi connectivity index (χ2n) is 19.5. The molecule has 16 rings (SSSR count). The number of para-hydroxylation sites is 3. The number of ether oxygens (including phenoxy) is 1. The molecule has 10 aromatic rings. The van der Waals surface area contributed by atoms with Crippen LogP contribution in [-0.2, 0) is 5.41 Å². The molecule has 5 nitrogen and oxygen atoms in total. The lowest BCUT2D eigenvalue weighted by Gasteiger charge is -2.61. The highest BCUT2D eigenvalue weighted by molar-refractivity contribution is 7.99. The van der Waals surface area contributed by atoms with Crippen LogP contribution in [0, 0.1) is 23.7 Å². The summed E-state index contributed by atoms with van der Waals surface area (Å²) < 4.78 is 13.6. The van der Waals surface area contributed by atoms with Gasteiger partial charge in [-0.25, -0.2) is 15.0 Å². The Morgan fingerprint density at radius 1 is 0.448 bits per heavy atom. The number of aromatic nitrogens is 3. The van der Waals surface area contributed by atoms with Gasteiger partial charge in [-0.2, -0.15) is 0 Å². The van der Waals surface area contributed by atoms with Crippen LogP contribution in [-0.4, -0.2) is 15.0 Å². The van der Waals surface area contributed by atoms with E-state index in [1.807, 2.05) is 23.9 Å². The largest absolute Gasteiger partial charge is 0.455 e. The van der Waals surface area contributed by atoms with Crippen LogP contribution in [0.3, 0.4) is 0 Å². The van der Waals surface area contributed by atoms with Gasteiger partial charge in [0.05, 0.1) is 9.79 Å². The zero-order valence-corrected chi connectivity index (χ0v) is 37.5. The van der Waals surface area contributed by atoms with Gasteiger partial charge in [-0.15, -0.1) is 0 Å². The molecule has 1 aliphatic heterocycles. The van der Waals surface area contributed by atoms with Gasteiger partial charge in [0.25, 0.3) is 0 Å². The highest BCUT2D eigenvalue weighted by Crippen LogP contribution is 2.72. The number of hydrogen-bond acceptors (Lipinski definition) is 6. The van der Waals surface area contributed by atoms with E-state index in [2.05, 4.69) is 164 Å². The normalized spacial score (nSPS) is 21.6. The highest BCUT2D eigenvalue weighted by Gasteiger charge is 2.63. The van der Waals surface area contributed by atoms with Crippen LogP contribution in [0.1, 0.15) is 43.2 Å². The molecule has 5 aliphatic carbocycles. The monoisotopic (exact) mass is 881 g/mol. The first-order valence-corrected chi connectivity index (χ1v) is 24.6. The number of rotatable bonds is 5. The van der Waals surface area contributed by atoms with Crippen LogP contribution >= 0.6 is 11.8 Å². The Hall–Kier alpha value is -7.28. The summed E-state index contributed by atoms with van der Waals surface area (Å²) in [7, 11) is 0. The van der Waals surface area contributed by atoms with Gasteiger partial charge in [0.2, 0.25) is 0 Å². The minimum Gasteiger partial charge on any atom is -0.455 e. The Morgan fingerprint density at radius 2 is 1.07 bits per heavy atom. The third-order valence-corrected chi connectivity index (χ3v) is 17.1. The van der Waals surface area contributed by atoms with Crippen molar-refractivity contribution in [1.29, 1.82) is 0 Å². The molecule has 1 spiro atoms. The maximum Gasteiger partial charge on any atom is 0.164 e. The number of hydrogen-bond donors (Lipinski definition) is 0. The quantitative estimate of drug-likeness (QED) is 0.172. The summed E-state index contributed by atoms with van der Waals surface area (Å²) in [5.74, 6) is 6.82. The lowest BCUT2D eigenvalue weighted by Crippen LogP contribution is -2.55. The maximum absolute atomic E-state index is 7.09. The van der Waals surface area contributed by atoms with Crippen molar-refractivity contribution in [3.63, 3.8) is 0 Å². The lowest BCUT2D eigenvalue weighted by molar-refractivity contribution is -0.0407. The van der Waals surface area contributed by atoms with E-state index in [1.165, 1.54) is 64.1 Å². The van der Waals surface area contributed by atoms with E-state index in [-0.39, 0.29) is 5.41 Å². The number of benzene rings is 8. The van der Waals surface area contributed by atoms with Crippen LogP contribution < -0.4 is 4.74 Å². The van der Waals surface area contributed by atoms with Gasteiger partial charge in [-0.05, 0) is 132 Å². The zero-order valence-electron chi connectivity index (χ0n) is 36.7. The Labute approximate surface area is 393 Å². The lowest BCUT2D eigenvalue weighted by atomic mass is 9.43. The van der Waals surface area contributed by atoms with E-state index in [4.69, 9.17) is 24.1 Å². The molecule has 67 heavy (non-hydrogen) atoms. The van der Waals surface area contributed by atoms with Crippen molar-refractivity contribution < 1.29 is 9.15 Å². The molecule has 0 saturated heterocycles. The molecule has 0 amide bonds. The summed E-state index contributed by atoms with van der Waals surface area (Å²) in [5.41, 5.74) is 14.4. The maximum atomic E-state index is 7.09. The van der Waals surface area contributed by atoms with E-state index >= 15 is 0 Å². The fraction of sp³-hybridized carbons (Fsp3) is 0.164. The van der Waals surface area contributed by atoms with E-state index in [0.717, 1.165) is 84.2 Å². The molecule has 4 saturated carbocycles.